The van der Waals surface area contributed by atoms with Crippen LogP contribution >= 0.6 is 11.8 Å². The minimum atomic E-state index is -4.41. The first kappa shape index (κ1) is 21.5. The van der Waals surface area contributed by atoms with Gasteiger partial charge in [-0.05, 0) is 56.5 Å². The summed E-state index contributed by atoms with van der Waals surface area (Å²) >= 11 is -0.222. The number of alkyl halides is 3. The van der Waals surface area contributed by atoms with E-state index in [1.165, 1.54) is 18.2 Å². The topological polar surface area (TPSA) is 32.8 Å². The highest BCUT2D eigenvalue weighted by atomic mass is 32.2. The van der Waals surface area contributed by atoms with Gasteiger partial charge in [0.15, 0.2) is 0 Å². The summed E-state index contributed by atoms with van der Waals surface area (Å²) in [6.45, 7) is 8.17. The number of ether oxygens (including phenoxy) is 1. The summed E-state index contributed by atoms with van der Waals surface area (Å²) in [6.07, 6.45) is 2.21. The van der Waals surface area contributed by atoms with Crippen molar-refractivity contribution in [2.45, 2.75) is 49.3 Å². The van der Waals surface area contributed by atoms with Crippen LogP contribution in [0.1, 0.15) is 37.0 Å². The fourth-order valence-corrected chi connectivity index (χ4v) is 4.81. The van der Waals surface area contributed by atoms with Crippen molar-refractivity contribution in [1.82, 2.24) is 9.80 Å². The molecule has 2 heterocycles. The van der Waals surface area contributed by atoms with Gasteiger partial charge in [-0.1, -0.05) is 12.1 Å². The molecule has 0 N–H and O–H groups in total. The summed E-state index contributed by atoms with van der Waals surface area (Å²) in [5.41, 5.74) is -4.27. The molecular weight excluding hydrogens is 389 g/mol. The predicted octanol–water partition coefficient (Wildman–Crippen LogP) is 4.26. The quantitative estimate of drug-likeness (QED) is 0.687. The zero-order valence-electron chi connectivity index (χ0n) is 16.2. The van der Waals surface area contributed by atoms with Crippen LogP contribution in [0.25, 0.3) is 0 Å². The minimum Gasteiger partial charge on any atom is -0.373 e. The molecule has 0 aromatic heterocycles. The lowest BCUT2D eigenvalue weighted by Crippen LogP contribution is -2.48. The van der Waals surface area contributed by atoms with Crippen molar-refractivity contribution in [3.8, 4) is 0 Å². The number of nitrogens with zero attached hydrogens (tertiary/aromatic N) is 2. The maximum atomic E-state index is 12.8. The molecule has 2 atom stereocenters. The van der Waals surface area contributed by atoms with Gasteiger partial charge < -0.3 is 9.64 Å². The van der Waals surface area contributed by atoms with Gasteiger partial charge in [0.1, 0.15) is 0 Å². The molecule has 3 rings (SSSR count). The first-order valence-electron chi connectivity index (χ1n) is 9.73. The maximum Gasteiger partial charge on any atom is 0.446 e. The SMILES string of the molecule is CC1CN(CC2CCN(C(=O)c3ccccc3SC(F)(F)F)CC2)CC(C)O1. The third-order valence-electron chi connectivity index (χ3n) is 5.26. The molecule has 0 radical (unpaired) electrons. The number of rotatable bonds is 4. The van der Waals surface area contributed by atoms with Crippen molar-refractivity contribution in [3.05, 3.63) is 29.8 Å². The highest BCUT2D eigenvalue weighted by Gasteiger charge is 2.33. The number of thioether (sulfide) groups is 1. The average molecular weight is 417 g/mol. The standard InChI is InChI=1S/C20H27F3N2O2S/c1-14-11-24(12-15(2)27-14)13-16-7-9-25(10-8-16)19(26)17-5-3-4-6-18(17)28-20(21,22)23/h3-6,14-16H,7-13H2,1-2H3. The van der Waals surface area contributed by atoms with Crippen molar-refractivity contribution < 1.29 is 22.7 Å². The van der Waals surface area contributed by atoms with Gasteiger partial charge in [-0.15, -0.1) is 0 Å². The van der Waals surface area contributed by atoms with Crippen molar-refractivity contribution in [3.63, 3.8) is 0 Å². The lowest BCUT2D eigenvalue weighted by Gasteiger charge is -2.39. The lowest BCUT2D eigenvalue weighted by atomic mass is 9.95. The van der Waals surface area contributed by atoms with Crippen molar-refractivity contribution >= 4 is 17.7 Å². The molecule has 1 amide bonds. The van der Waals surface area contributed by atoms with E-state index >= 15 is 0 Å². The summed E-state index contributed by atoms with van der Waals surface area (Å²) in [6, 6.07) is 5.99. The Hall–Kier alpha value is -1.25. The van der Waals surface area contributed by atoms with Crippen molar-refractivity contribution in [1.29, 1.82) is 0 Å². The van der Waals surface area contributed by atoms with Crippen LogP contribution in [0, 0.1) is 5.92 Å². The van der Waals surface area contributed by atoms with E-state index in [4.69, 9.17) is 4.74 Å². The number of hydrogen-bond donors (Lipinski definition) is 0. The molecule has 1 aromatic rings. The summed E-state index contributed by atoms with van der Waals surface area (Å²) in [4.78, 5) is 16.9. The minimum absolute atomic E-state index is 0.0292. The molecule has 2 saturated heterocycles. The van der Waals surface area contributed by atoms with Gasteiger partial charge >= 0.3 is 5.51 Å². The van der Waals surface area contributed by atoms with Crippen LogP contribution in [0.5, 0.6) is 0 Å². The first-order valence-corrected chi connectivity index (χ1v) is 10.5. The molecule has 2 aliphatic rings. The molecule has 0 bridgehead atoms. The van der Waals surface area contributed by atoms with Gasteiger partial charge in [-0.25, -0.2) is 0 Å². The van der Waals surface area contributed by atoms with E-state index in [-0.39, 0.29) is 40.3 Å². The number of halogens is 3. The summed E-state index contributed by atoms with van der Waals surface area (Å²) < 4.78 is 44.1. The van der Waals surface area contributed by atoms with Crippen LogP contribution in [-0.2, 0) is 4.74 Å². The molecule has 1 aromatic carbocycles. The zero-order chi connectivity index (χ0) is 20.3. The second kappa shape index (κ2) is 9.05. The van der Waals surface area contributed by atoms with Crippen molar-refractivity contribution in [2.75, 3.05) is 32.7 Å². The van der Waals surface area contributed by atoms with Crippen LogP contribution in [0.2, 0.25) is 0 Å². The van der Waals surface area contributed by atoms with Gasteiger partial charge in [0.25, 0.3) is 5.91 Å². The Labute approximate surface area is 168 Å². The fourth-order valence-electron chi connectivity index (χ4n) is 4.14. The molecular formula is C20H27F3N2O2S. The molecule has 2 aliphatic heterocycles. The van der Waals surface area contributed by atoms with Crippen LogP contribution < -0.4 is 0 Å². The number of piperidine rings is 1. The summed E-state index contributed by atoms with van der Waals surface area (Å²) in [5.74, 6) is 0.195. The lowest BCUT2D eigenvalue weighted by molar-refractivity contribution is -0.0728. The summed E-state index contributed by atoms with van der Waals surface area (Å²) in [7, 11) is 0. The smallest absolute Gasteiger partial charge is 0.373 e. The molecule has 0 saturated carbocycles. The van der Waals surface area contributed by atoms with E-state index in [1.54, 1.807) is 11.0 Å². The molecule has 0 aliphatic carbocycles. The van der Waals surface area contributed by atoms with Gasteiger partial charge in [-0.3, -0.25) is 9.69 Å². The van der Waals surface area contributed by atoms with Gasteiger partial charge in [0.2, 0.25) is 0 Å². The summed E-state index contributed by atoms with van der Waals surface area (Å²) in [5, 5.41) is 0. The average Bonchev–Trinajstić information content (AvgIpc) is 2.60. The highest BCUT2D eigenvalue weighted by molar-refractivity contribution is 8.00. The maximum absolute atomic E-state index is 12.8. The number of morpholine rings is 1. The Kier molecular flexibility index (Phi) is 6.94. The Bertz CT molecular complexity index is 668. The highest BCUT2D eigenvalue weighted by Crippen LogP contribution is 2.39. The molecule has 4 nitrogen and oxygen atoms in total. The van der Waals surface area contributed by atoms with E-state index in [9.17, 15) is 18.0 Å². The Morgan fingerprint density at radius 1 is 1.14 bits per heavy atom. The largest absolute Gasteiger partial charge is 0.446 e. The third kappa shape index (κ3) is 5.87. The zero-order valence-corrected chi connectivity index (χ0v) is 17.1. The number of carbonyl (C=O) groups is 1. The second-order valence-corrected chi connectivity index (χ2v) is 8.86. The number of amides is 1. The molecule has 28 heavy (non-hydrogen) atoms. The van der Waals surface area contributed by atoms with Gasteiger partial charge in [0, 0.05) is 37.6 Å². The van der Waals surface area contributed by atoms with Gasteiger partial charge in [-0.2, -0.15) is 13.2 Å². The fraction of sp³-hybridized carbons (Fsp3) is 0.650. The number of likely N-dealkylation sites (tertiary alicyclic amines) is 1. The molecule has 2 unspecified atom stereocenters. The number of benzene rings is 1. The van der Waals surface area contributed by atoms with E-state index in [0.717, 1.165) is 32.5 Å². The second-order valence-electron chi connectivity index (χ2n) is 7.76. The van der Waals surface area contributed by atoms with Gasteiger partial charge in [0.05, 0.1) is 17.8 Å². The van der Waals surface area contributed by atoms with Crippen LogP contribution in [0.3, 0.4) is 0 Å². The molecule has 2 fully saturated rings. The molecule has 0 spiro atoms. The molecule has 156 valence electrons. The van der Waals surface area contributed by atoms with Crippen LogP contribution in [-0.4, -0.2) is 66.1 Å². The normalized spacial score (nSPS) is 25.1. The van der Waals surface area contributed by atoms with E-state index in [1.807, 2.05) is 0 Å². The van der Waals surface area contributed by atoms with Crippen molar-refractivity contribution in [2.24, 2.45) is 5.92 Å². The number of hydrogen-bond acceptors (Lipinski definition) is 4. The monoisotopic (exact) mass is 416 g/mol. The molecule has 8 heteroatoms. The van der Waals surface area contributed by atoms with Crippen LogP contribution in [0.15, 0.2) is 29.2 Å². The Morgan fingerprint density at radius 2 is 1.75 bits per heavy atom. The number of carbonyl (C=O) groups excluding carboxylic acids is 1. The Morgan fingerprint density at radius 3 is 2.36 bits per heavy atom. The van der Waals surface area contributed by atoms with E-state index in [2.05, 4.69) is 18.7 Å². The first-order chi connectivity index (χ1) is 13.2. The van der Waals surface area contributed by atoms with E-state index in [0.29, 0.717) is 19.0 Å². The van der Waals surface area contributed by atoms with E-state index < -0.39 is 5.51 Å². The third-order valence-corrected chi connectivity index (χ3v) is 6.06. The Balaban J connectivity index is 1.56. The predicted molar refractivity (Wildman–Crippen MR) is 103 cm³/mol. The van der Waals surface area contributed by atoms with Crippen LogP contribution in [0.4, 0.5) is 13.2 Å².